The molecule has 1 aromatic carbocycles. The number of benzene rings is 1. The fourth-order valence-electron chi connectivity index (χ4n) is 5.15. The van der Waals surface area contributed by atoms with Crippen LogP contribution in [0.3, 0.4) is 0 Å². The van der Waals surface area contributed by atoms with E-state index in [4.69, 9.17) is 0 Å². The Kier molecular flexibility index (Phi) is 6.76. The molecule has 0 spiro atoms. The van der Waals surface area contributed by atoms with Crippen LogP contribution < -0.4 is 0 Å². The molecule has 4 nitrogen and oxygen atoms in total. The lowest BCUT2D eigenvalue weighted by molar-refractivity contribution is -0.00381. The summed E-state index contributed by atoms with van der Waals surface area (Å²) >= 11 is 0. The molecule has 162 valence electrons. The Morgan fingerprint density at radius 3 is 2.67 bits per heavy atom. The van der Waals surface area contributed by atoms with Gasteiger partial charge in [-0.15, -0.1) is 0 Å². The van der Waals surface area contributed by atoms with Crippen molar-refractivity contribution in [2.45, 2.75) is 44.7 Å². The summed E-state index contributed by atoms with van der Waals surface area (Å²) in [5, 5.41) is 10.2. The zero-order chi connectivity index (χ0) is 21.0. The van der Waals surface area contributed by atoms with Crippen LogP contribution >= 0.6 is 0 Å². The third kappa shape index (κ3) is 5.05. The molecule has 6 heteroatoms. The molecular weight excluding hydrogens is 384 g/mol. The number of likely N-dealkylation sites (tertiary alicyclic amines) is 2. The molecule has 2 saturated heterocycles. The minimum atomic E-state index is -0.558. The van der Waals surface area contributed by atoms with Gasteiger partial charge in [0.25, 0.3) is 0 Å². The summed E-state index contributed by atoms with van der Waals surface area (Å²) in [6.45, 7) is 4.86. The molecule has 1 N–H and O–H groups in total. The van der Waals surface area contributed by atoms with Gasteiger partial charge in [0.2, 0.25) is 0 Å². The second kappa shape index (κ2) is 9.50. The van der Waals surface area contributed by atoms with Crippen molar-refractivity contribution in [3.63, 3.8) is 0 Å². The van der Waals surface area contributed by atoms with E-state index in [1.165, 1.54) is 17.7 Å². The number of hydrogen-bond acceptors (Lipinski definition) is 4. The van der Waals surface area contributed by atoms with Crippen LogP contribution in [0.4, 0.5) is 8.78 Å². The summed E-state index contributed by atoms with van der Waals surface area (Å²) in [4.78, 5) is 9.18. The van der Waals surface area contributed by atoms with Crippen molar-refractivity contribution in [2.24, 2.45) is 5.41 Å². The molecule has 4 rings (SSSR count). The first-order valence-electron chi connectivity index (χ1n) is 11.0. The van der Waals surface area contributed by atoms with E-state index in [9.17, 15) is 13.9 Å². The van der Waals surface area contributed by atoms with E-state index in [0.717, 1.165) is 64.5 Å². The maximum absolute atomic E-state index is 14.2. The van der Waals surface area contributed by atoms with Crippen LogP contribution in [0.15, 0.2) is 42.7 Å². The molecule has 2 aromatic rings. The molecule has 0 aliphatic carbocycles. The number of hydrogen-bond donors (Lipinski definition) is 1. The molecule has 3 heterocycles. The van der Waals surface area contributed by atoms with Crippen LogP contribution in [0, 0.1) is 17.0 Å². The Labute approximate surface area is 177 Å². The number of halogens is 2. The molecule has 30 heavy (non-hydrogen) atoms. The predicted octanol–water partition coefficient (Wildman–Crippen LogP) is 3.64. The average Bonchev–Trinajstić information content (AvgIpc) is 2.77. The second-order valence-electron chi connectivity index (χ2n) is 9.01. The number of aromatic nitrogens is 1. The highest BCUT2D eigenvalue weighted by molar-refractivity contribution is 5.20. The maximum Gasteiger partial charge on any atom is 0.129 e. The van der Waals surface area contributed by atoms with Crippen molar-refractivity contribution in [3.05, 3.63) is 65.5 Å². The van der Waals surface area contributed by atoms with Crippen molar-refractivity contribution in [1.29, 1.82) is 0 Å². The van der Waals surface area contributed by atoms with Gasteiger partial charge < -0.3 is 5.11 Å². The van der Waals surface area contributed by atoms with Gasteiger partial charge in [0.1, 0.15) is 11.6 Å². The lowest BCUT2D eigenvalue weighted by Gasteiger charge is -2.47. The Hall–Kier alpha value is -1.89. The first-order chi connectivity index (χ1) is 14.6. The zero-order valence-corrected chi connectivity index (χ0v) is 17.4. The number of aliphatic hydroxyl groups is 1. The van der Waals surface area contributed by atoms with Crippen molar-refractivity contribution < 1.29 is 13.9 Å². The molecule has 2 aliphatic heterocycles. The van der Waals surface area contributed by atoms with Crippen LogP contribution in [-0.2, 0) is 13.0 Å². The molecule has 1 aromatic heterocycles. The third-order valence-corrected chi connectivity index (χ3v) is 6.81. The van der Waals surface area contributed by atoms with Crippen LogP contribution in [0.1, 0.15) is 36.8 Å². The van der Waals surface area contributed by atoms with Crippen molar-refractivity contribution in [2.75, 3.05) is 32.8 Å². The number of rotatable bonds is 6. The maximum atomic E-state index is 14.2. The SMILES string of the molecule is OCC1(Cc2ccc(F)cc2F)CCCN(C2CCN(Cc3cccnc3)CC2)C1. The number of pyridine rings is 1. The predicted molar refractivity (Wildman–Crippen MR) is 113 cm³/mol. The Bertz CT molecular complexity index is 826. The molecule has 0 saturated carbocycles. The van der Waals surface area contributed by atoms with E-state index < -0.39 is 11.6 Å². The fraction of sp³-hybridized carbons (Fsp3) is 0.542. The molecule has 1 unspecified atom stereocenters. The summed E-state index contributed by atoms with van der Waals surface area (Å²) < 4.78 is 27.5. The summed E-state index contributed by atoms with van der Waals surface area (Å²) in [7, 11) is 0. The normalized spacial score (nSPS) is 24.2. The number of piperidine rings is 2. The summed E-state index contributed by atoms with van der Waals surface area (Å²) in [6.07, 6.45) is 8.26. The third-order valence-electron chi connectivity index (χ3n) is 6.81. The summed E-state index contributed by atoms with van der Waals surface area (Å²) in [6, 6.07) is 8.38. The van der Waals surface area contributed by atoms with Crippen molar-refractivity contribution in [3.8, 4) is 0 Å². The largest absolute Gasteiger partial charge is 0.396 e. The van der Waals surface area contributed by atoms with E-state index in [0.29, 0.717) is 18.0 Å². The Morgan fingerprint density at radius 1 is 1.13 bits per heavy atom. The quantitative estimate of drug-likeness (QED) is 0.782. The van der Waals surface area contributed by atoms with Gasteiger partial charge in [-0.25, -0.2) is 8.78 Å². The highest BCUT2D eigenvalue weighted by Gasteiger charge is 2.38. The first-order valence-corrected chi connectivity index (χ1v) is 11.0. The van der Waals surface area contributed by atoms with Crippen molar-refractivity contribution in [1.82, 2.24) is 14.8 Å². The lowest BCUT2D eigenvalue weighted by Crippen LogP contribution is -2.53. The van der Waals surface area contributed by atoms with Gasteiger partial charge in [-0.05, 0) is 75.0 Å². The minimum Gasteiger partial charge on any atom is -0.396 e. The molecule has 0 bridgehead atoms. The molecule has 0 amide bonds. The number of aliphatic hydroxyl groups excluding tert-OH is 1. The van der Waals surface area contributed by atoms with Gasteiger partial charge in [0.15, 0.2) is 0 Å². The highest BCUT2D eigenvalue weighted by Crippen LogP contribution is 2.36. The van der Waals surface area contributed by atoms with E-state index in [1.54, 1.807) is 6.20 Å². The molecule has 0 radical (unpaired) electrons. The van der Waals surface area contributed by atoms with E-state index in [2.05, 4.69) is 20.9 Å². The fourth-order valence-corrected chi connectivity index (χ4v) is 5.15. The molecular formula is C24H31F2N3O. The topological polar surface area (TPSA) is 39.6 Å². The average molecular weight is 416 g/mol. The van der Waals surface area contributed by atoms with E-state index in [-0.39, 0.29) is 12.0 Å². The van der Waals surface area contributed by atoms with Crippen LogP contribution in [0.25, 0.3) is 0 Å². The van der Waals surface area contributed by atoms with E-state index >= 15 is 0 Å². The lowest BCUT2D eigenvalue weighted by atomic mass is 9.75. The standard InChI is InChI=1S/C24H31F2N3O/c25-21-5-4-20(23(26)13-21)14-24(18-30)8-2-10-29(17-24)22-6-11-28(12-7-22)16-19-3-1-9-27-15-19/h1,3-5,9,13,15,22,30H,2,6-8,10-12,14,16-18H2. The van der Waals surface area contributed by atoms with Crippen LogP contribution in [0.2, 0.25) is 0 Å². The monoisotopic (exact) mass is 415 g/mol. The van der Waals surface area contributed by atoms with Crippen LogP contribution in [0.5, 0.6) is 0 Å². The van der Waals surface area contributed by atoms with Crippen LogP contribution in [-0.4, -0.2) is 58.7 Å². The van der Waals surface area contributed by atoms with Gasteiger partial charge in [-0.1, -0.05) is 12.1 Å². The smallest absolute Gasteiger partial charge is 0.129 e. The Balaban J connectivity index is 1.36. The molecule has 2 aliphatic rings. The Morgan fingerprint density at radius 2 is 1.97 bits per heavy atom. The van der Waals surface area contributed by atoms with Gasteiger partial charge in [-0.2, -0.15) is 0 Å². The molecule has 1 atom stereocenters. The van der Waals surface area contributed by atoms with E-state index in [1.807, 2.05) is 12.3 Å². The van der Waals surface area contributed by atoms with Crippen molar-refractivity contribution >= 4 is 0 Å². The molecule has 2 fully saturated rings. The van der Waals surface area contributed by atoms with Gasteiger partial charge in [0, 0.05) is 43.0 Å². The first kappa shape index (κ1) is 21.3. The summed E-state index contributed by atoms with van der Waals surface area (Å²) in [5.74, 6) is -1.07. The highest BCUT2D eigenvalue weighted by atomic mass is 19.1. The van der Waals surface area contributed by atoms with Gasteiger partial charge >= 0.3 is 0 Å². The van der Waals surface area contributed by atoms with Gasteiger partial charge in [-0.3, -0.25) is 14.8 Å². The zero-order valence-electron chi connectivity index (χ0n) is 17.4. The summed E-state index contributed by atoms with van der Waals surface area (Å²) in [5.41, 5.74) is 1.39. The van der Waals surface area contributed by atoms with Gasteiger partial charge in [0.05, 0.1) is 6.61 Å². The second-order valence-corrected chi connectivity index (χ2v) is 9.01. The minimum absolute atomic E-state index is 0.0279. The number of nitrogens with zero attached hydrogens (tertiary/aromatic N) is 3.